The van der Waals surface area contributed by atoms with Gasteiger partial charge in [0.05, 0.1) is 0 Å². The molecule has 3 N–H and O–H groups in total. The van der Waals surface area contributed by atoms with Gasteiger partial charge in [-0.15, -0.1) is 0 Å². The third-order valence-corrected chi connectivity index (χ3v) is 7.27. The smallest absolute Gasteiger partial charge is 0.253 e. The van der Waals surface area contributed by atoms with E-state index in [1.54, 1.807) is 0 Å². The maximum atomic E-state index is 12.7. The number of nitrogens with one attached hydrogen (secondary N) is 1. The predicted octanol–water partition coefficient (Wildman–Crippen LogP) is 2.81. The molecule has 1 saturated heterocycles. The van der Waals surface area contributed by atoms with Crippen LogP contribution in [0.1, 0.15) is 55.3 Å². The minimum Gasteiger partial charge on any atom is -0.356 e. The Morgan fingerprint density at radius 1 is 1.00 bits per heavy atom. The van der Waals surface area contributed by atoms with Gasteiger partial charge in [0.1, 0.15) is 0 Å². The van der Waals surface area contributed by atoms with Gasteiger partial charge in [0, 0.05) is 37.2 Å². The molecule has 1 aromatic rings. The lowest BCUT2D eigenvalue weighted by Crippen LogP contribution is -2.49. The maximum Gasteiger partial charge on any atom is 0.253 e. The molecular formula is C23H33N3O2. The summed E-state index contributed by atoms with van der Waals surface area (Å²) in [5.74, 6) is 2.04. The van der Waals surface area contributed by atoms with Crippen molar-refractivity contribution in [3.63, 3.8) is 0 Å². The van der Waals surface area contributed by atoms with Crippen molar-refractivity contribution in [1.29, 1.82) is 0 Å². The van der Waals surface area contributed by atoms with Crippen LogP contribution < -0.4 is 11.1 Å². The fraction of sp³-hybridized carbons (Fsp3) is 0.652. The molecule has 1 aromatic carbocycles. The molecule has 3 aliphatic rings. The van der Waals surface area contributed by atoms with Gasteiger partial charge in [-0.2, -0.15) is 0 Å². The number of rotatable bonds is 4. The number of fused-ring (bicyclic) bond motifs is 2. The number of nitrogens with zero attached hydrogens (tertiary/aromatic N) is 1. The number of hydrogen-bond donors (Lipinski definition) is 2. The third kappa shape index (κ3) is 4.24. The summed E-state index contributed by atoms with van der Waals surface area (Å²) in [4.78, 5) is 27.2. The van der Waals surface area contributed by atoms with E-state index in [9.17, 15) is 9.59 Å². The van der Waals surface area contributed by atoms with E-state index in [1.165, 1.54) is 19.3 Å². The first-order valence-electron chi connectivity index (χ1n) is 11.0. The summed E-state index contributed by atoms with van der Waals surface area (Å²) < 4.78 is 0. The minimum atomic E-state index is 0.119. The van der Waals surface area contributed by atoms with Gasteiger partial charge in [-0.3, -0.25) is 9.59 Å². The average Bonchev–Trinajstić information content (AvgIpc) is 2.72. The molecule has 28 heavy (non-hydrogen) atoms. The lowest BCUT2D eigenvalue weighted by Gasteiger charge is -2.43. The van der Waals surface area contributed by atoms with Crippen molar-refractivity contribution >= 4 is 11.8 Å². The molecule has 2 aliphatic carbocycles. The molecule has 0 radical (unpaired) electrons. The Bertz CT molecular complexity index is 670. The van der Waals surface area contributed by atoms with E-state index in [4.69, 9.17) is 5.73 Å². The zero-order chi connectivity index (χ0) is 19.5. The molecule has 1 heterocycles. The number of hydrogen-bond acceptors (Lipinski definition) is 3. The topological polar surface area (TPSA) is 75.4 Å². The van der Waals surface area contributed by atoms with E-state index in [0.717, 1.165) is 50.9 Å². The molecular weight excluding hydrogens is 350 g/mol. The third-order valence-electron chi connectivity index (χ3n) is 7.27. The first-order valence-corrected chi connectivity index (χ1v) is 11.0. The lowest BCUT2D eigenvalue weighted by molar-refractivity contribution is -0.128. The van der Waals surface area contributed by atoms with Crippen LogP contribution in [0.5, 0.6) is 0 Å². The van der Waals surface area contributed by atoms with E-state index >= 15 is 0 Å². The Morgan fingerprint density at radius 3 is 2.29 bits per heavy atom. The minimum absolute atomic E-state index is 0.119. The van der Waals surface area contributed by atoms with Crippen molar-refractivity contribution in [2.45, 2.75) is 51.0 Å². The number of amides is 2. The van der Waals surface area contributed by atoms with Crippen LogP contribution in [-0.2, 0) is 4.79 Å². The van der Waals surface area contributed by atoms with E-state index in [-0.39, 0.29) is 17.7 Å². The first kappa shape index (κ1) is 19.4. The molecule has 0 spiro atoms. The lowest BCUT2D eigenvalue weighted by atomic mass is 9.65. The van der Waals surface area contributed by atoms with Crippen LogP contribution in [0.4, 0.5) is 0 Å². The number of carbonyl (C=O) groups is 2. The summed E-state index contributed by atoms with van der Waals surface area (Å²) in [5.41, 5.74) is 7.11. The summed E-state index contributed by atoms with van der Waals surface area (Å²) >= 11 is 0. The number of piperidine rings is 1. The Balaban J connectivity index is 1.21. The number of nitrogens with two attached hydrogens (primary N) is 1. The highest BCUT2D eigenvalue weighted by atomic mass is 16.2. The van der Waals surface area contributed by atoms with Gasteiger partial charge in [0.2, 0.25) is 5.91 Å². The van der Waals surface area contributed by atoms with Gasteiger partial charge < -0.3 is 16.0 Å². The summed E-state index contributed by atoms with van der Waals surface area (Å²) in [7, 11) is 0. The van der Waals surface area contributed by atoms with Crippen LogP contribution in [0.25, 0.3) is 0 Å². The van der Waals surface area contributed by atoms with E-state index in [1.807, 2.05) is 35.2 Å². The van der Waals surface area contributed by atoms with Crippen molar-refractivity contribution in [2.24, 2.45) is 29.4 Å². The van der Waals surface area contributed by atoms with Crippen LogP contribution in [-0.4, -0.2) is 42.4 Å². The highest BCUT2D eigenvalue weighted by Gasteiger charge is 2.40. The molecule has 2 unspecified atom stereocenters. The quantitative estimate of drug-likeness (QED) is 0.839. The molecule has 2 saturated carbocycles. The van der Waals surface area contributed by atoms with Crippen molar-refractivity contribution in [3.8, 4) is 0 Å². The van der Waals surface area contributed by atoms with Crippen molar-refractivity contribution in [3.05, 3.63) is 35.9 Å². The SMILES string of the molecule is NC1C2CCCC1CC(C(=O)NCC1CCN(C(=O)c3ccccc3)CC1)C2. The zero-order valence-electron chi connectivity index (χ0n) is 16.7. The Morgan fingerprint density at radius 2 is 1.64 bits per heavy atom. The van der Waals surface area contributed by atoms with Gasteiger partial charge in [0.15, 0.2) is 0 Å². The van der Waals surface area contributed by atoms with Gasteiger partial charge in [0.25, 0.3) is 5.91 Å². The largest absolute Gasteiger partial charge is 0.356 e. The summed E-state index contributed by atoms with van der Waals surface area (Å²) in [6, 6.07) is 9.80. The molecule has 1 aliphatic heterocycles. The van der Waals surface area contributed by atoms with Crippen molar-refractivity contribution in [2.75, 3.05) is 19.6 Å². The highest BCUT2D eigenvalue weighted by Crippen LogP contribution is 2.41. The van der Waals surface area contributed by atoms with Crippen molar-refractivity contribution in [1.82, 2.24) is 10.2 Å². The molecule has 4 rings (SSSR count). The van der Waals surface area contributed by atoms with Crippen LogP contribution in [0.3, 0.4) is 0 Å². The summed E-state index contributed by atoms with van der Waals surface area (Å²) in [6.45, 7) is 2.29. The molecule has 0 aromatic heterocycles. The average molecular weight is 384 g/mol. The predicted molar refractivity (Wildman–Crippen MR) is 110 cm³/mol. The standard InChI is InChI=1S/C23H33N3O2/c24-21-18-7-4-8-19(21)14-20(13-18)22(27)25-15-16-9-11-26(12-10-16)23(28)17-5-2-1-3-6-17/h1-3,5-6,16,18-21H,4,7-15,24H2,(H,25,27). The normalized spacial score (nSPS) is 30.7. The second-order valence-corrected chi connectivity index (χ2v) is 9.04. The molecule has 5 heteroatoms. The molecule has 5 nitrogen and oxygen atoms in total. The van der Waals surface area contributed by atoms with Crippen LogP contribution in [0.2, 0.25) is 0 Å². The monoisotopic (exact) mass is 383 g/mol. The maximum absolute atomic E-state index is 12.7. The fourth-order valence-corrected chi connectivity index (χ4v) is 5.50. The first-order chi connectivity index (χ1) is 13.6. The van der Waals surface area contributed by atoms with Crippen molar-refractivity contribution < 1.29 is 9.59 Å². The van der Waals surface area contributed by atoms with Crippen LogP contribution in [0.15, 0.2) is 30.3 Å². The van der Waals surface area contributed by atoms with E-state index in [2.05, 4.69) is 5.32 Å². The second-order valence-electron chi connectivity index (χ2n) is 9.04. The molecule has 152 valence electrons. The van der Waals surface area contributed by atoms with Gasteiger partial charge in [-0.1, -0.05) is 24.6 Å². The second kappa shape index (κ2) is 8.64. The summed E-state index contributed by atoms with van der Waals surface area (Å²) in [6.07, 6.45) is 7.50. The summed E-state index contributed by atoms with van der Waals surface area (Å²) in [5, 5.41) is 3.22. The molecule has 2 bridgehead atoms. The highest BCUT2D eigenvalue weighted by molar-refractivity contribution is 5.94. The Hall–Kier alpha value is -1.88. The Labute approximate surface area is 168 Å². The molecule has 2 atom stereocenters. The van der Waals surface area contributed by atoms with Gasteiger partial charge >= 0.3 is 0 Å². The van der Waals surface area contributed by atoms with Gasteiger partial charge in [-0.05, 0) is 68.4 Å². The van der Waals surface area contributed by atoms with E-state index in [0.29, 0.717) is 23.8 Å². The number of carbonyl (C=O) groups excluding carboxylic acids is 2. The van der Waals surface area contributed by atoms with Crippen LogP contribution >= 0.6 is 0 Å². The number of benzene rings is 1. The van der Waals surface area contributed by atoms with E-state index < -0.39 is 0 Å². The Kier molecular flexibility index (Phi) is 6.00. The molecule has 2 amide bonds. The van der Waals surface area contributed by atoms with Gasteiger partial charge in [-0.25, -0.2) is 0 Å². The fourth-order valence-electron chi connectivity index (χ4n) is 5.50. The van der Waals surface area contributed by atoms with Crippen LogP contribution in [0, 0.1) is 23.7 Å². The number of likely N-dealkylation sites (tertiary alicyclic amines) is 1. The molecule has 3 fully saturated rings. The zero-order valence-corrected chi connectivity index (χ0v) is 16.7.